The van der Waals surface area contributed by atoms with Gasteiger partial charge in [0.25, 0.3) is 0 Å². The first kappa shape index (κ1) is 45.2. The summed E-state index contributed by atoms with van der Waals surface area (Å²) in [5, 5.41) is 15.6. The van der Waals surface area contributed by atoms with E-state index in [2.05, 4.69) is 99.3 Å². The summed E-state index contributed by atoms with van der Waals surface area (Å²) in [6.45, 7) is 33.2. The Hall–Kier alpha value is -3.47. The van der Waals surface area contributed by atoms with E-state index in [1.54, 1.807) is 4.68 Å². The van der Waals surface area contributed by atoms with Crippen molar-refractivity contribution >= 4 is 28.8 Å². The van der Waals surface area contributed by atoms with E-state index in [0.717, 1.165) is 25.9 Å². The number of carbonyl (C=O) groups is 1. The van der Waals surface area contributed by atoms with E-state index in [-0.39, 0.29) is 45.3 Å². The fraction of sp³-hybridized carbons (Fsp3) is 0.729. The summed E-state index contributed by atoms with van der Waals surface area (Å²) in [5.41, 5.74) is 1.69. The second-order valence-electron chi connectivity index (χ2n) is 20.4. The summed E-state index contributed by atoms with van der Waals surface area (Å²) in [5.74, 6) is 2.87. The molecule has 8 heteroatoms. The number of aliphatic imine (C=N–C) groups is 1. The van der Waals surface area contributed by atoms with Gasteiger partial charge in [-0.15, -0.1) is 5.10 Å². The van der Waals surface area contributed by atoms with Gasteiger partial charge in [0.2, 0.25) is 0 Å². The summed E-state index contributed by atoms with van der Waals surface area (Å²) >= 11 is 0. The molecule has 1 saturated carbocycles. The van der Waals surface area contributed by atoms with Gasteiger partial charge in [-0.2, -0.15) is 9.94 Å². The zero-order chi connectivity index (χ0) is 41.6. The highest BCUT2D eigenvalue weighted by atomic mass is 16.5. The topological polar surface area (TPSA) is 96.4 Å². The molecule has 2 aliphatic rings. The van der Waals surface area contributed by atoms with Crippen molar-refractivity contribution in [3.05, 3.63) is 41.5 Å². The minimum Gasteiger partial charge on any atom is -0.458 e. The number of carbonyl (C=O) groups excluding carboxylic acids is 1. The van der Waals surface area contributed by atoms with Gasteiger partial charge in [-0.3, -0.25) is 0 Å². The fourth-order valence-electron chi connectivity index (χ4n) is 8.83. The standard InChI is InChI=1S/C48H76N6O2/c1-15-19-21-33(17-3)30-53(31-34(18-4)22-20-16-2)36-25-23-35(24-26-36)50-42-37(29-49)40(43-51-45(48(12,13)14)52-54(42)43)44(55)56-41-38(46(6,7)8)27-32(5)28-39(41)47(9,10)11/h23-26,32-34,38-39,41H,15-22,27-28,30-31H2,1-14H3. The molecule has 0 bridgehead atoms. The third-order valence-electron chi connectivity index (χ3n) is 12.6. The van der Waals surface area contributed by atoms with Crippen molar-refractivity contribution < 1.29 is 9.53 Å². The highest BCUT2D eigenvalue weighted by Gasteiger charge is 2.49. The molecule has 1 aliphatic heterocycles. The van der Waals surface area contributed by atoms with Gasteiger partial charge in [0, 0.05) is 36.0 Å². The van der Waals surface area contributed by atoms with Crippen molar-refractivity contribution in [3.63, 3.8) is 0 Å². The van der Waals surface area contributed by atoms with Crippen molar-refractivity contribution in [1.29, 1.82) is 5.26 Å². The van der Waals surface area contributed by atoms with E-state index in [1.807, 2.05) is 32.9 Å². The molecule has 0 N–H and O–H groups in total. The van der Waals surface area contributed by atoms with E-state index < -0.39 is 5.97 Å². The second-order valence-corrected chi connectivity index (χ2v) is 20.4. The van der Waals surface area contributed by atoms with E-state index in [1.165, 1.54) is 57.1 Å². The maximum absolute atomic E-state index is 14.6. The molecule has 4 atom stereocenters. The van der Waals surface area contributed by atoms with Gasteiger partial charge in [0.1, 0.15) is 23.3 Å². The first-order valence-corrected chi connectivity index (χ1v) is 22.0. The van der Waals surface area contributed by atoms with E-state index in [4.69, 9.17) is 19.8 Å². The van der Waals surface area contributed by atoms with Crippen LogP contribution in [0.4, 0.5) is 11.4 Å². The van der Waals surface area contributed by atoms with Crippen molar-refractivity contribution in [1.82, 2.24) is 14.8 Å². The van der Waals surface area contributed by atoms with Crippen LogP contribution in [0.2, 0.25) is 0 Å². The monoisotopic (exact) mass is 769 g/mol. The minimum atomic E-state index is -0.517. The molecule has 2 heterocycles. The van der Waals surface area contributed by atoms with Crippen molar-refractivity contribution in [3.8, 4) is 6.07 Å². The Balaban J connectivity index is 1.77. The number of esters is 1. The molecule has 310 valence electrons. The number of rotatable bonds is 16. The summed E-state index contributed by atoms with van der Waals surface area (Å²) in [6, 6.07) is 10.8. The van der Waals surface area contributed by atoms with Gasteiger partial charge in [0.05, 0.1) is 5.69 Å². The number of unbranched alkanes of at least 4 members (excludes halogenated alkanes) is 2. The number of nitriles is 1. The van der Waals surface area contributed by atoms with Crippen LogP contribution in [-0.2, 0) is 14.9 Å². The van der Waals surface area contributed by atoms with Crippen LogP contribution in [0, 0.1) is 51.8 Å². The normalized spacial score (nSPS) is 22.2. The molecule has 8 nitrogen and oxygen atoms in total. The lowest BCUT2D eigenvalue weighted by Crippen LogP contribution is -2.49. The predicted octanol–water partition coefficient (Wildman–Crippen LogP) is 12.4. The number of ether oxygens (including phenoxy) is 1. The summed E-state index contributed by atoms with van der Waals surface area (Å²) in [6.07, 6.45) is 11.5. The lowest BCUT2D eigenvalue weighted by molar-refractivity contribution is -0.162. The molecule has 1 fully saturated rings. The summed E-state index contributed by atoms with van der Waals surface area (Å²) < 4.78 is 8.27. The average Bonchev–Trinajstić information content (AvgIpc) is 3.69. The molecular formula is C48H76N6O2. The fourth-order valence-corrected chi connectivity index (χ4v) is 8.83. The Bertz CT molecular complexity index is 1670. The van der Waals surface area contributed by atoms with E-state index >= 15 is 0 Å². The third kappa shape index (κ3) is 10.9. The Morgan fingerprint density at radius 3 is 1.84 bits per heavy atom. The first-order valence-electron chi connectivity index (χ1n) is 22.0. The predicted molar refractivity (Wildman–Crippen MR) is 233 cm³/mol. The quantitative estimate of drug-likeness (QED) is 0.158. The molecule has 0 radical (unpaired) electrons. The lowest BCUT2D eigenvalue weighted by atomic mass is 9.59. The van der Waals surface area contributed by atoms with E-state index in [9.17, 15) is 10.1 Å². The van der Waals surface area contributed by atoms with Crippen LogP contribution in [0.25, 0.3) is 5.57 Å². The van der Waals surface area contributed by atoms with Crippen LogP contribution >= 0.6 is 0 Å². The zero-order valence-electron chi connectivity index (χ0n) is 37.8. The summed E-state index contributed by atoms with van der Waals surface area (Å²) in [7, 11) is 0. The number of anilines is 1. The number of hydrogen-bond acceptors (Lipinski definition) is 7. The van der Waals surface area contributed by atoms with Gasteiger partial charge in [0.15, 0.2) is 17.5 Å². The molecular weight excluding hydrogens is 693 g/mol. The van der Waals surface area contributed by atoms with Crippen LogP contribution in [0.5, 0.6) is 0 Å². The van der Waals surface area contributed by atoms with Crippen molar-refractivity contribution in [2.24, 2.45) is 45.4 Å². The van der Waals surface area contributed by atoms with Crippen LogP contribution < -0.4 is 4.90 Å². The van der Waals surface area contributed by atoms with Crippen molar-refractivity contribution in [2.75, 3.05) is 18.0 Å². The Labute approximate surface area is 341 Å². The number of aromatic nitrogens is 3. The number of hydrogen-bond donors (Lipinski definition) is 0. The van der Waals surface area contributed by atoms with E-state index in [0.29, 0.717) is 40.9 Å². The molecule has 4 rings (SSSR count). The molecule has 0 spiro atoms. The molecule has 4 unspecified atom stereocenters. The maximum atomic E-state index is 14.6. The van der Waals surface area contributed by atoms with Crippen LogP contribution in [0.3, 0.4) is 0 Å². The van der Waals surface area contributed by atoms with Crippen LogP contribution in [0.1, 0.15) is 173 Å². The Morgan fingerprint density at radius 2 is 1.41 bits per heavy atom. The number of allylic oxidation sites excluding steroid dienone is 1. The molecule has 1 aromatic carbocycles. The maximum Gasteiger partial charge on any atom is 0.343 e. The van der Waals surface area contributed by atoms with Gasteiger partial charge >= 0.3 is 5.97 Å². The third-order valence-corrected chi connectivity index (χ3v) is 12.6. The molecule has 56 heavy (non-hydrogen) atoms. The van der Waals surface area contributed by atoms with Gasteiger partial charge in [-0.25, -0.2) is 14.8 Å². The zero-order valence-corrected chi connectivity index (χ0v) is 37.8. The smallest absolute Gasteiger partial charge is 0.343 e. The number of nitrogens with zero attached hydrogens (tertiary/aromatic N) is 6. The summed E-state index contributed by atoms with van der Waals surface area (Å²) in [4.78, 5) is 27.2. The number of fused-ring (bicyclic) bond motifs is 1. The SMILES string of the molecule is CCCCC(CC)CN(CC(CC)CCCC)c1ccc(N=C2C(C#N)=C(C(=O)OC3C(C(C)(C)C)CC(C)CC3C(C)(C)C)c3nc(C(C)(C)C)nn32)cc1. The number of benzene rings is 1. The highest BCUT2D eigenvalue weighted by molar-refractivity contribution is 6.29. The molecule has 0 amide bonds. The van der Waals surface area contributed by atoms with Crippen LogP contribution in [-0.4, -0.2) is 45.8 Å². The van der Waals surface area contributed by atoms with Gasteiger partial charge < -0.3 is 9.64 Å². The molecule has 1 aromatic heterocycles. The van der Waals surface area contributed by atoms with Crippen LogP contribution in [0.15, 0.2) is 34.8 Å². The molecule has 1 aliphatic carbocycles. The Morgan fingerprint density at radius 1 is 0.893 bits per heavy atom. The first-order chi connectivity index (χ1) is 26.3. The lowest BCUT2D eigenvalue weighted by Gasteiger charge is -2.50. The largest absolute Gasteiger partial charge is 0.458 e. The average molecular weight is 769 g/mol. The highest BCUT2D eigenvalue weighted by Crippen LogP contribution is 2.50. The Kier molecular flexibility index (Phi) is 15.2. The minimum absolute atomic E-state index is 0.0705. The second kappa shape index (κ2) is 18.9. The molecule has 0 saturated heterocycles. The molecule has 2 aromatic rings. The van der Waals surface area contributed by atoms with Gasteiger partial charge in [-0.1, -0.05) is 135 Å². The van der Waals surface area contributed by atoms with Crippen molar-refractivity contribution in [2.45, 2.75) is 173 Å². The van der Waals surface area contributed by atoms with Gasteiger partial charge in [-0.05, 0) is 78.5 Å².